The van der Waals surface area contributed by atoms with E-state index in [0.717, 1.165) is 12.1 Å². The molecule has 0 fully saturated rings. The first kappa shape index (κ1) is 17.4. The molecule has 1 aromatic carbocycles. The molecule has 3 rings (SSSR count). The van der Waals surface area contributed by atoms with E-state index in [1.54, 1.807) is 24.5 Å². The molecule has 0 atom stereocenters. The van der Waals surface area contributed by atoms with Crippen molar-refractivity contribution in [1.82, 2.24) is 20.4 Å². The van der Waals surface area contributed by atoms with Gasteiger partial charge in [0.2, 0.25) is 11.7 Å². The number of ether oxygens (including phenoxy) is 1. The molecule has 26 heavy (non-hydrogen) atoms. The molecule has 0 aliphatic heterocycles. The van der Waals surface area contributed by atoms with Crippen LogP contribution in [-0.4, -0.2) is 27.4 Å². The molecule has 2 heterocycles. The lowest BCUT2D eigenvalue weighted by molar-refractivity contribution is -0.274. The van der Waals surface area contributed by atoms with E-state index in [9.17, 15) is 18.0 Å². The van der Waals surface area contributed by atoms with E-state index in [-0.39, 0.29) is 18.0 Å². The van der Waals surface area contributed by atoms with Gasteiger partial charge in [0.1, 0.15) is 5.75 Å². The Morgan fingerprint density at radius 3 is 2.46 bits per heavy atom. The maximum absolute atomic E-state index is 12.1. The van der Waals surface area contributed by atoms with Crippen molar-refractivity contribution in [3.63, 3.8) is 0 Å². The third kappa shape index (κ3) is 4.56. The van der Waals surface area contributed by atoms with E-state index in [1.807, 2.05) is 0 Å². The van der Waals surface area contributed by atoms with Gasteiger partial charge in [-0.3, -0.25) is 9.78 Å². The summed E-state index contributed by atoms with van der Waals surface area (Å²) < 4.78 is 45.1. The first-order chi connectivity index (χ1) is 12.4. The lowest BCUT2D eigenvalue weighted by Gasteiger charge is -2.09. The van der Waals surface area contributed by atoms with E-state index < -0.39 is 18.0 Å². The van der Waals surface area contributed by atoms with Crippen molar-refractivity contribution < 1.29 is 27.2 Å². The first-order valence-corrected chi connectivity index (χ1v) is 7.28. The summed E-state index contributed by atoms with van der Waals surface area (Å²) in [6.45, 7) is -0.0300. The Morgan fingerprint density at radius 2 is 1.81 bits per heavy atom. The third-order valence-electron chi connectivity index (χ3n) is 3.16. The molecule has 0 unspecified atom stereocenters. The molecule has 134 valence electrons. The maximum atomic E-state index is 12.1. The topological polar surface area (TPSA) is 90.1 Å². The number of alkyl halides is 3. The Kier molecular flexibility index (Phi) is 4.83. The number of hydrogen-bond acceptors (Lipinski definition) is 6. The standard InChI is InChI=1S/C16H11F3N4O3/c17-16(18,19)25-12-3-1-11(2-4-12)15(24)21-9-13-22-14(23-26-13)10-5-7-20-8-6-10/h1-8H,9H2,(H,21,24). The number of benzene rings is 1. The number of rotatable bonds is 5. The van der Waals surface area contributed by atoms with Gasteiger partial charge in [-0.25, -0.2) is 0 Å². The Bertz CT molecular complexity index is 880. The van der Waals surface area contributed by atoms with Gasteiger partial charge in [-0.15, -0.1) is 13.2 Å². The van der Waals surface area contributed by atoms with E-state index in [0.29, 0.717) is 11.4 Å². The van der Waals surface area contributed by atoms with Gasteiger partial charge in [-0.2, -0.15) is 4.98 Å². The second-order valence-electron chi connectivity index (χ2n) is 5.00. The summed E-state index contributed by atoms with van der Waals surface area (Å²) in [4.78, 5) is 20.0. The van der Waals surface area contributed by atoms with E-state index in [1.165, 1.54) is 12.1 Å². The average molecular weight is 364 g/mol. The highest BCUT2D eigenvalue weighted by atomic mass is 19.4. The van der Waals surface area contributed by atoms with Crippen molar-refractivity contribution in [2.45, 2.75) is 12.9 Å². The molecule has 0 aliphatic rings. The predicted octanol–water partition coefficient (Wildman–Crippen LogP) is 2.96. The highest BCUT2D eigenvalue weighted by Gasteiger charge is 2.31. The van der Waals surface area contributed by atoms with Gasteiger partial charge in [0.25, 0.3) is 5.91 Å². The van der Waals surface area contributed by atoms with Crippen LogP contribution in [0.2, 0.25) is 0 Å². The summed E-state index contributed by atoms with van der Waals surface area (Å²) in [6, 6.07) is 7.95. The van der Waals surface area contributed by atoms with Gasteiger partial charge in [-0.05, 0) is 36.4 Å². The van der Waals surface area contributed by atoms with Crippen LogP contribution < -0.4 is 10.1 Å². The van der Waals surface area contributed by atoms with Crippen molar-refractivity contribution in [1.29, 1.82) is 0 Å². The zero-order valence-corrected chi connectivity index (χ0v) is 13.0. The average Bonchev–Trinajstić information content (AvgIpc) is 3.09. The Hall–Kier alpha value is -3.43. The van der Waals surface area contributed by atoms with Crippen LogP contribution in [-0.2, 0) is 6.54 Å². The maximum Gasteiger partial charge on any atom is 0.573 e. The molecule has 0 bridgehead atoms. The summed E-state index contributed by atoms with van der Waals surface area (Å²) in [5.41, 5.74) is 0.870. The summed E-state index contributed by atoms with van der Waals surface area (Å²) >= 11 is 0. The second kappa shape index (κ2) is 7.21. The molecule has 0 aliphatic carbocycles. The summed E-state index contributed by atoms with van der Waals surface area (Å²) in [7, 11) is 0. The normalized spacial score (nSPS) is 11.2. The number of nitrogens with zero attached hydrogens (tertiary/aromatic N) is 3. The highest BCUT2D eigenvalue weighted by molar-refractivity contribution is 5.94. The lowest BCUT2D eigenvalue weighted by atomic mass is 10.2. The summed E-state index contributed by atoms with van der Waals surface area (Å²) in [6.07, 6.45) is -1.62. The van der Waals surface area contributed by atoms with Crippen LogP contribution >= 0.6 is 0 Å². The minimum Gasteiger partial charge on any atom is -0.406 e. The van der Waals surface area contributed by atoms with Crippen molar-refractivity contribution in [2.75, 3.05) is 0 Å². The molecule has 3 aromatic rings. The lowest BCUT2D eigenvalue weighted by Crippen LogP contribution is -2.23. The molecule has 10 heteroatoms. The Balaban J connectivity index is 1.58. The molecule has 2 aromatic heterocycles. The van der Waals surface area contributed by atoms with Crippen LogP contribution in [0.3, 0.4) is 0 Å². The van der Waals surface area contributed by atoms with Crippen LogP contribution in [0.15, 0.2) is 53.3 Å². The Morgan fingerprint density at radius 1 is 1.12 bits per heavy atom. The number of hydrogen-bond donors (Lipinski definition) is 1. The zero-order valence-electron chi connectivity index (χ0n) is 13.0. The minimum atomic E-state index is -4.78. The molecular formula is C16H11F3N4O3. The molecule has 1 amide bonds. The summed E-state index contributed by atoms with van der Waals surface area (Å²) in [5.74, 6) is -0.382. The fourth-order valence-corrected chi connectivity index (χ4v) is 2.01. The van der Waals surface area contributed by atoms with Crippen molar-refractivity contribution >= 4 is 5.91 Å². The SMILES string of the molecule is O=C(NCc1nc(-c2ccncc2)no1)c1ccc(OC(F)(F)F)cc1. The number of carbonyl (C=O) groups excluding carboxylic acids is 1. The van der Waals surface area contributed by atoms with Crippen molar-refractivity contribution in [2.24, 2.45) is 0 Å². The largest absolute Gasteiger partial charge is 0.573 e. The highest BCUT2D eigenvalue weighted by Crippen LogP contribution is 2.22. The van der Waals surface area contributed by atoms with Gasteiger partial charge in [-0.1, -0.05) is 5.16 Å². The van der Waals surface area contributed by atoms with Gasteiger partial charge in [0, 0.05) is 23.5 Å². The van der Waals surface area contributed by atoms with Crippen LogP contribution in [0.5, 0.6) is 5.75 Å². The first-order valence-electron chi connectivity index (χ1n) is 7.28. The number of halogens is 3. The molecular weight excluding hydrogens is 353 g/mol. The molecule has 0 spiro atoms. The van der Waals surface area contributed by atoms with E-state index in [2.05, 4.69) is 25.2 Å². The second-order valence-corrected chi connectivity index (χ2v) is 5.00. The van der Waals surface area contributed by atoms with Crippen molar-refractivity contribution in [3.8, 4) is 17.1 Å². The van der Waals surface area contributed by atoms with E-state index in [4.69, 9.17) is 4.52 Å². The van der Waals surface area contributed by atoms with Gasteiger partial charge < -0.3 is 14.6 Å². The smallest absolute Gasteiger partial charge is 0.406 e. The van der Waals surface area contributed by atoms with Gasteiger partial charge >= 0.3 is 6.36 Å². The van der Waals surface area contributed by atoms with Crippen LogP contribution in [0, 0.1) is 0 Å². The molecule has 0 saturated heterocycles. The van der Waals surface area contributed by atoms with Gasteiger partial charge in [0.15, 0.2) is 0 Å². The Labute approximate surface area is 144 Å². The van der Waals surface area contributed by atoms with Crippen LogP contribution in [0.25, 0.3) is 11.4 Å². The quantitative estimate of drug-likeness (QED) is 0.749. The fourth-order valence-electron chi connectivity index (χ4n) is 2.01. The number of carbonyl (C=O) groups is 1. The molecule has 0 saturated carbocycles. The third-order valence-corrected chi connectivity index (χ3v) is 3.16. The zero-order chi connectivity index (χ0) is 18.6. The van der Waals surface area contributed by atoms with Gasteiger partial charge in [0.05, 0.1) is 6.54 Å². The summed E-state index contributed by atoms with van der Waals surface area (Å²) in [5, 5.41) is 6.33. The van der Waals surface area contributed by atoms with E-state index >= 15 is 0 Å². The fraction of sp³-hybridized carbons (Fsp3) is 0.125. The molecule has 1 N–H and O–H groups in total. The number of aromatic nitrogens is 3. The number of amides is 1. The minimum absolute atomic E-state index is 0.0300. The predicted molar refractivity (Wildman–Crippen MR) is 81.8 cm³/mol. The molecule has 0 radical (unpaired) electrons. The van der Waals surface area contributed by atoms with Crippen molar-refractivity contribution in [3.05, 3.63) is 60.2 Å². The molecule has 7 nitrogen and oxygen atoms in total. The number of nitrogens with one attached hydrogen (secondary N) is 1. The monoisotopic (exact) mass is 364 g/mol. The van der Waals surface area contributed by atoms with Crippen LogP contribution in [0.4, 0.5) is 13.2 Å². The number of pyridine rings is 1. The van der Waals surface area contributed by atoms with Crippen LogP contribution in [0.1, 0.15) is 16.2 Å².